The Morgan fingerprint density at radius 2 is 1.75 bits per heavy atom. The van der Waals surface area contributed by atoms with E-state index in [2.05, 4.69) is 18.5 Å². The highest BCUT2D eigenvalue weighted by Gasteiger charge is 1.94. The zero-order chi connectivity index (χ0) is 8.97. The molecule has 0 fully saturated rings. The molecule has 0 heterocycles. The van der Waals surface area contributed by atoms with Gasteiger partial charge in [0.05, 0.1) is 0 Å². The van der Waals surface area contributed by atoms with Crippen molar-refractivity contribution in [2.45, 2.75) is 6.92 Å². The smallest absolute Gasteiger partial charge is 0.0382 e. The maximum atomic E-state index is 3.89. The molecule has 1 heteroatoms. The first-order valence-electron chi connectivity index (χ1n) is 3.87. The number of hydrogen-bond donors (Lipinski definition) is 1. The van der Waals surface area contributed by atoms with Crippen LogP contribution in [0.2, 0.25) is 0 Å². The summed E-state index contributed by atoms with van der Waals surface area (Å²) in [5, 5.41) is 3.07. The minimum Gasteiger partial charge on any atom is -0.360 e. The van der Waals surface area contributed by atoms with Gasteiger partial charge < -0.3 is 5.32 Å². The van der Waals surface area contributed by atoms with Gasteiger partial charge in [0.25, 0.3) is 0 Å². The molecule has 0 radical (unpaired) electrons. The highest BCUT2D eigenvalue weighted by atomic mass is 14.9. The molecule has 0 aromatic heterocycles. The Hall–Kier alpha value is -1.50. The number of rotatable bonds is 3. The van der Waals surface area contributed by atoms with Crippen LogP contribution in [0.15, 0.2) is 49.2 Å². The van der Waals surface area contributed by atoms with E-state index in [0.717, 1.165) is 17.0 Å². The maximum Gasteiger partial charge on any atom is 0.0382 e. The fourth-order valence-electron chi connectivity index (χ4n) is 0.969. The average molecular weight is 159 g/mol. The Balaban J connectivity index is 2.73. The number of nitrogens with one attached hydrogen (secondary N) is 1. The number of hydrogen-bond acceptors (Lipinski definition) is 1. The van der Waals surface area contributed by atoms with E-state index in [0.29, 0.717) is 0 Å². The molecule has 12 heavy (non-hydrogen) atoms. The lowest BCUT2D eigenvalue weighted by molar-refractivity contribution is 1.09. The van der Waals surface area contributed by atoms with E-state index in [9.17, 15) is 0 Å². The van der Waals surface area contributed by atoms with Gasteiger partial charge in [-0.15, -0.1) is 0 Å². The fourth-order valence-corrected chi connectivity index (χ4v) is 0.969. The minimum absolute atomic E-state index is 0.892. The van der Waals surface area contributed by atoms with Crippen LogP contribution in [0.4, 0.5) is 0 Å². The predicted octanol–water partition coefficient (Wildman–Crippen LogP) is 2.78. The second-order valence-electron chi connectivity index (χ2n) is 2.75. The first-order chi connectivity index (χ1) is 5.70. The average Bonchev–Trinajstić information content (AvgIpc) is 2.05. The van der Waals surface area contributed by atoms with Crippen molar-refractivity contribution in [1.29, 1.82) is 0 Å². The van der Waals surface area contributed by atoms with Gasteiger partial charge in [-0.2, -0.15) is 0 Å². The molecule has 0 spiro atoms. The van der Waals surface area contributed by atoms with Crippen LogP contribution < -0.4 is 5.32 Å². The summed E-state index contributed by atoms with van der Waals surface area (Å²) in [5.41, 5.74) is 2.90. The van der Waals surface area contributed by atoms with Crippen molar-refractivity contribution >= 4 is 5.70 Å². The SMILES string of the molecule is C=C(C)NC(=C)c1ccccc1. The zero-order valence-corrected chi connectivity index (χ0v) is 7.30. The van der Waals surface area contributed by atoms with E-state index < -0.39 is 0 Å². The molecular formula is C11H13N. The van der Waals surface area contributed by atoms with Gasteiger partial charge >= 0.3 is 0 Å². The molecule has 0 amide bonds. The van der Waals surface area contributed by atoms with E-state index in [1.807, 2.05) is 37.3 Å². The Labute approximate surface area is 73.4 Å². The molecule has 1 aromatic rings. The summed E-state index contributed by atoms with van der Waals surface area (Å²) in [4.78, 5) is 0. The second-order valence-corrected chi connectivity index (χ2v) is 2.75. The first-order valence-corrected chi connectivity index (χ1v) is 3.87. The predicted molar refractivity (Wildman–Crippen MR) is 53.4 cm³/mol. The van der Waals surface area contributed by atoms with E-state index in [1.54, 1.807) is 0 Å². The van der Waals surface area contributed by atoms with Gasteiger partial charge in [-0.3, -0.25) is 0 Å². The summed E-state index contributed by atoms with van der Waals surface area (Å²) < 4.78 is 0. The monoisotopic (exact) mass is 159 g/mol. The summed E-state index contributed by atoms with van der Waals surface area (Å²) in [7, 11) is 0. The van der Waals surface area contributed by atoms with E-state index in [-0.39, 0.29) is 0 Å². The Kier molecular flexibility index (Phi) is 2.70. The Morgan fingerprint density at radius 3 is 2.25 bits per heavy atom. The molecule has 0 saturated heterocycles. The van der Waals surface area contributed by atoms with Crippen molar-refractivity contribution in [3.63, 3.8) is 0 Å². The van der Waals surface area contributed by atoms with Crippen LogP contribution in [-0.4, -0.2) is 0 Å². The summed E-state index contributed by atoms with van der Waals surface area (Å²) >= 11 is 0. The lowest BCUT2D eigenvalue weighted by atomic mass is 10.2. The van der Waals surface area contributed by atoms with Crippen LogP contribution in [0.5, 0.6) is 0 Å². The maximum absolute atomic E-state index is 3.89. The third-order valence-corrected chi connectivity index (χ3v) is 1.49. The van der Waals surface area contributed by atoms with Crippen molar-refractivity contribution in [2.24, 2.45) is 0 Å². The van der Waals surface area contributed by atoms with Crippen LogP contribution in [-0.2, 0) is 0 Å². The largest absolute Gasteiger partial charge is 0.360 e. The quantitative estimate of drug-likeness (QED) is 0.715. The Morgan fingerprint density at radius 1 is 1.17 bits per heavy atom. The van der Waals surface area contributed by atoms with Crippen molar-refractivity contribution in [3.8, 4) is 0 Å². The molecule has 1 aromatic carbocycles. The molecule has 1 nitrogen and oxygen atoms in total. The van der Waals surface area contributed by atoms with Crippen LogP contribution in [0, 0.1) is 0 Å². The summed E-state index contributed by atoms with van der Waals surface area (Å²) in [6.45, 7) is 9.55. The molecular weight excluding hydrogens is 146 g/mol. The molecule has 0 aliphatic heterocycles. The van der Waals surface area contributed by atoms with Crippen molar-refractivity contribution < 1.29 is 0 Å². The summed E-state index contributed by atoms with van der Waals surface area (Å²) in [6.07, 6.45) is 0. The third-order valence-electron chi connectivity index (χ3n) is 1.49. The van der Waals surface area contributed by atoms with E-state index >= 15 is 0 Å². The Bertz CT molecular complexity index is 285. The third kappa shape index (κ3) is 2.27. The van der Waals surface area contributed by atoms with E-state index in [4.69, 9.17) is 0 Å². The normalized spacial score (nSPS) is 9.08. The zero-order valence-electron chi connectivity index (χ0n) is 7.30. The molecule has 0 saturated carbocycles. The van der Waals surface area contributed by atoms with Crippen LogP contribution in [0.1, 0.15) is 12.5 Å². The topological polar surface area (TPSA) is 12.0 Å². The minimum atomic E-state index is 0.892. The van der Waals surface area contributed by atoms with Gasteiger partial charge in [0.15, 0.2) is 0 Å². The van der Waals surface area contributed by atoms with Crippen LogP contribution >= 0.6 is 0 Å². The first kappa shape index (κ1) is 8.60. The molecule has 62 valence electrons. The number of allylic oxidation sites excluding steroid dienone is 1. The standard InChI is InChI=1S/C11H13N/c1-9(2)12-10(3)11-7-5-4-6-8-11/h4-8,12H,1,3H2,2H3. The molecule has 0 atom stereocenters. The summed E-state index contributed by atoms with van der Waals surface area (Å²) in [5.74, 6) is 0. The number of benzene rings is 1. The van der Waals surface area contributed by atoms with Crippen molar-refractivity contribution in [2.75, 3.05) is 0 Å². The van der Waals surface area contributed by atoms with Crippen molar-refractivity contribution in [1.82, 2.24) is 5.32 Å². The highest BCUT2D eigenvalue weighted by molar-refractivity contribution is 5.62. The lowest BCUT2D eigenvalue weighted by Crippen LogP contribution is -2.06. The van der Waals surface area contributed by atoms with Crippen LogP contribution in [0.3, 0.4) is 0 Å². The highest BCUT2D eigenvalue weighted by Crippen LogP contribution is 2.08. The van der Waals surface area contributed by atoms with Gasteiger partial charge in [0, 0.05) is 11.4 Å². The molecule has 0 aliphatic carbocycles. The van der Waals surface area contributed by atoms with Crippen LogP contribution in [0.25, 0.3) is 5.70 Å². The van der Waals surface area contributed by atoms with E-state index in [1.165, 1.54) is 0 Å². The van der Waals surface area contributed by atoms with Gasteiger partial charge in [0.2, 0.25) is 0 Å². The van der Waals surface area contributed by atoms with Crippen molar-refractivity contribution in [3.05, 3.63) is 54.8 Å². The molecule has 0 bridgehead atoms. The molecule has 1 rings (SSSR count). The summed E-state index contributed by atoms with van der Waals surface area (Å²) in [6, 6.07) is 9.98. The second kappa shape index (κ2) is 3.77. The molecule has 0 aliphatic rings. The van der Waals surface area contributed by atoms with Gasteiger partial charge in [-0.25, -0.2) is 0 Å². The molecule has 0 unspecified atom stereocenters. The fraction of sp³-hybridized carbons (Fsp3) is 0.0909. The van der Waals surface area contributed by atoms with Gasteiger partial charge in [-0.1, -0.05) is 43.5 Å². The lowest BCUT2D eigenvalue weighted by Gasteiger charge is -2.07. The van der Waals surface area contributed by atoms with Gasteiger partial charge in [0.1, 0.15) is 0 Å². The molecule has 1 N–H and O–H groups in total. The van der Waals surface area contributed by atoms with Gasteiger partial charge in [-0.05, 0) is 12.5 Å².